The first-order valence-corrected chi connectivity index (χ1v) is 11.1. The molecule has 0 aliphatic carbocycles. The number of rotatable bonds is 5. The average molecular weight is 442 g/mol. The highest BCUT2D eigenvalue weighted by molar-refractivity contribution is 7.89. The first kappa shape index (κ1) is 20.9. The zero-order chi connectivity index (χ0) is 20.1. The van der Waals surface area contributed by atoms with Gasteiger partial charge in [0.2, 0.25) is 10.0 Å². The van der Waals surface area contributed by atoms with E-state index in [-0.39, 0.29) is 29.0 Å². The lowest BCUT2D eigenvalue weighted by atomic mass is 10.1. The minimum absolute atomic E-state index is 0.0949. The van der Waals surface area contributed by atoms with Crippen molar-refractivity contribution in [2.75, 3.05) is 32.7 Å². The fourth-order valence-corrected chi connectivity index (χ4v) is 5.04. The summed E-state index contributed by atoms with van der Waals surface area (Å²) >= 11 is 11.9. The molecule has 1 heterocycles. The molecule has 0 spiro atoms. The van der Waals surface area contributed by atoms with Gasteiger partial charge in [-0.25, -0.2) is 13.2 Å². The van der Waals surface area contributed by atoms with Crippen LogP contribution in [0.25, 0.3) is 0 Å². The molecule has 2 amide bonds. The van der Waals surface area contributed by atoms with Gasteiger partial charge in [-0.15, -0.1) is 0 Å². The van der Waals surface area contributed by atoms with Crippen molar-refractivity contribution in [3.63, 3.8) is 0 Å². The van der Waals surface area contributed by atoms with E-state index in [2.05, 4.69) is 5.32 Å². The van der Waals surface area contributed by atoms with E-state index in [0.29, 0.717) is 31.1 Å². The van der Waals surface area contributed by atoms with Gasteiger partial charge in [-0.3, -0.25) is 0 Å². The second kappa shape index (κ2) is 9.13. The summed E-state index contributed by atoms with van der Waals surface area (Å²) < 4.78 is 26.9. The van der Waals surface area contributed by atoms with Crippen LogP contribution in [0.3, 0.4) is 0 Å². The van der Waals surface area contributed by atoms with Gasteiger partial charge in [0.05, 0.1) is 5.02 Å². The van der Waals surface area contributed by atoms with Gasteiger partial charge in [0.25, 0.3) is 0 Å². The molecule has 0 saturated carbocycles. The van der Waals surface area contributed by atoms with Crippen molar-refractivity contribution in [2.24, 2.45) is 0 Å². The summed E-state index contributed by atoms with van der Waals surface area (Å²) in [7, 11) is -3.67. The number of halogens is 2. The molecule has 150 valence electrons. The molecule has 1 saturated heterocycles. The third-order valence-electron chi connectivity index (χ3n) is 4.58. The highest BCUT2D eigenvalue weighted by atomic mass is 35.5. The van der Waals surface area contributed by atoms with Crippen LogP contribution in [0.1, 0.15) is 5.56 Å². The molecule has 0 atom stereocenters. The van der Waals surface area contributed by atoms with Crippen LogP contribution in [0, 0.1) is 0 Å². The number of nitrogens with one attached hydrogen (secondary N) is 1. The maximum atomic E-state index is 12.8. The van der Waals surface area contributed by atoms with Crippen LogP contribution in [0.15, 0.2) is 53.4 Å². The number of carbonyl (C=O) groups excluding carboxylic acids is 1. The predicted octanol–water partition coefficient (Wildman–Crippen LogP) is 3.25. The zero-order valence-electron chi connectivity index (χ0n) is 15.1. The number of sulfonamides is 1. The van der Waals surface area contributed by atoms with Crippen LogP contribution in [0.2, 0.25) is 10.0 Å². The first-order chi connectivity index (χ1) is 13.4. The van der Waals surface area contributed by atoms with Gasteiger partial charge in [0.1, 0.15) is 4.90 Å². The van der Waals surface area contributed by atoms with E-state index in [9.17, 15) is 13.2 Å². The number of benzene rings is 2. The Morgan fingerprint density at radius 2 is 1.61 bits per heavy atom. The van der Waals surface area contributed by atoms with Crippen molar-refractivity contribution in [1.82, 2.24) is 14.5 Å². The van der Waals surface area contributed by atoms with Crippen molar-refractivity contribution in [2.45, 2.75) is 11.3 Å². The molecule has 0 radical (unpaired) electrons. The fraction of sp³-hybridized carbons (Fsp3) is 0.316. The quantitative estimate of drug-likeness (QED) is 0.773. The molecule has 0 unspecified atom stereocenters. The number of nitrogens with zero attached hydrogens (tertiary/aromatic N) is 2. The second-order valence-electron chi connectivity index (χ2n) is 6.43. The van der Waals surface area contributed by atoms with Crippen molar-refractivity contribution in [3.05, 3.63) is 64.1 Å². The van der Waals surface area contributed by atoms with Gasteiger partial charge in [-0.1, -0.05) is 47.5 Å². The number of amides is 2. The molecule has 9 heteroatoms. The summed E-state index contributed by atoms with van der Waals surface area (Å²) in [4.78, 5) is 14.0. The summed E-state index contributed by atoms with van der Waals surface area (Å²) in [6, 6.07) is 13.7. The van der Waals surface area contributed by atoms with Gasteiger partial charge >= 0.3 is 6.03 Å². The van der Waals surface area contributed by atoms with Crippen LogP contribution >= 0.6 is 23.2 Å². The molecule has 28 heavy (non-hydrogen) atoms. The molecule has 1 N–H and O–H groups in total. The molecule has 1 aliphatic rings. The predicted molar refractivity (Wildman–Crippen MR) is 110 cm³/mol. The van der Waals surface area contributed by atoms with Crippen molar-refractivity contribution in [3.8, 4) is 0 Å². The smallest absolute Gasteiger partial charge is 0.317 e. The van der Waals surface area contributed by atoms with Crippen LogP contribution in [0.5, 0.6) is 0 Å². The van der Waals surface area contributed by atoms with E-state index in [1.165, 1.54) is 10.4 Å². The molecule has 1 aliphatic heterocycles. The molecular formula is C19H21Cl2N3O3S. The van der Waals surface area contributed by atoms with Gasteiger partial charge < -0.3 is 10.2 Å². The number of carbonyl (C=O) groups is 1. The number of urea groups is 1. The van der Waals surface area contributed by atoms with Gasteiger partial charge in [-0.05, 0) is 36.2 Å². The Labute approximate surface area is 175 Å². The third kappa shape index (κ3) is 4.97. The molecule has 2 aromatic rings. The van der Waals surface area contributed by atoms with E-state index < -0.39 is 10.0 Å². The first-order valence-electron chi connectivity index (χ1n) is 8.90. The fourth-order valence-electron chi connectivity index (χ4n) is 3.00. The molecule has 0 bridgehead atoms. The third-order valence-corrected chi connectivity index (χ3v) is 7.23. The summed E-state index contributed by atoms with van der Waals surface area (Å²) in [5, 5.41) is 3.75. The maximum absolute atomic E-state index is 12.8. The lowest BCUT2D eigenvalue weighted by molar-refractivity contribution is 0.172. The SMILES string of the molecule is O=C(NCCc1ccc(Cl)cc1)N1CCN(S(=O)(=O)c2ccccc2Cl)CC1. The molecule has 0 aromatic heterocycles. The maximum Gasteiger partial charge on any atom is 0.317 e. The zero-order valence-corrected chi connectivity index (χ0v) is 17.5. The Hall–Kier alpha value is -1.80. The van der Waals surface area contributed by atoms with E-state index in [1.54, 1.807) is 23.1 Å². The lowest BCUT2D eigenvalue weighted by Gasteiger charge is -2.34. The second-order valence-corrected chi connectivity index (χ2v) is 9.18. The largest absolute Gasteiger partial charge is 0.338 e. The summed E-state index contributed by atoms with van der Waals surface area (Å²) in [5.74, 6) is 0. The van der Waals surface area contributed by atoms with E-state index in [1.807, 2.05) is 24.3 Å². The number of piperazine rings is 1. The van der Waals surface area contributed by atoms with Crippen molar-refractivity contribution >= 4 is 39.3 Å². The highest BCUT2D eigenvalue weighted by Gasteiger charge is 2.31. The van der Waals surface area contributed by atoms with E-state index in [4.69, 9.17) is 23.2 Å². The highest BCUT2D eigenvalue weighted by Crippen LogP contribution is 2.25. The molecule has 1 fully saturated rings. The monoisotopic (exact) mass is 441 g/mol. The standard InChI is InChI=1S/C19H21Cl2N3O3S/c20-16-7-5-15(6-8-16)9-10-22-19(25)23-11-13-24(14-12-23)28(26,27)18-4-2-1-3-17(18)21/h1-8H,9-14H2,(H,22,25). The Kier molecular flexibility index (Phi) is 6.82. The Morgan fingerprint density at radius 3 is 2.25 bits per heavy atom. The summed E-state index contributed by atoms with van der Waals surface area (Å²) in [6.45, 7) is 1.63. The molecular weight excluding hydrogens is 421 g/mol. The molecule has 3 rings (SSSR count). The molecule has 2 aromatic carbocycles. The summed E-state index contributed by atoms with van der Waals surface area (Å²) in [6.07, 6.45) is 0.698. The van der Waals surface area contributed by atoms with Crippen molar-refractivity contribution < 1.29 is 13.2 Å². The van der Waals surface area contributed by atoms with Crippen molar-refractivity contribution in [1.29, 1.82) is 0 Å². The van der Waals surface area contributed by atoms with Crippen LogP contribution in [-0.4, -0.2) is 56.4 Å². The van der Waals surface area contributed by atoms with Gasteiger partial charge in [0.15, 0.2) is 0 Å². The Morgan fingerprint density at radius 1 is 0.964 bits per heavy atom. The number of hydrogen-bond acceptors (Lipinski definition) is 3. The Balaban J connectivity index is 1.50. The minimum atomic E-state index is -3.67. The number of hydrogen-bond donors (Lipinski definition) is 1. The summed E-state index contributed by atoms with van der Waals surface area (Å²) in [5.41, 5.74) is 1.08. The minimum Gasteiger partial charge on any atom is -0.338 e. The van der Waals surface area contributed by atoms with Crippen LogP contribution < -0.4 is 5.32 Å². The Bertz CT molecular complexity index is 928. The molecule has 6 nitrogen and oxygen atoms in total. The van der Waals surface area contributed by atoms with E-state index in [0.717, 1.165) is 5.56 Å². The lowest BCUT2D eigenvalue weighted by Crippen LogP contribution is -2.53. The van der Waals surface area contributed by atoms with Crippen LogP contribution in [-0.2, 0) is 16.4 Å². The topological polar surface area (TPSA) is 69.7 Å². The van der Waals surface area contributed by atoms with Gasteiger partial charge in [-0.2, -0.15) is 4.31 Å². The average Bonchev–Trinajstić information content (AvgIpc) is 2.69. The normalized spacial score (nSPS) is 15.4. The van der Waals surface area contributed by atoms with Gasteiger partial charge in [0, 0.05) is 37.7 Å². The van der Waals surface area contributed by atoms with E-state index >= 15 is 0 Å². The van der Waals surface area contributed by atoms with Crippen LogP contribution in [0.4, 0.5) is 4.79 Å².